The maximum Gasteiger partial charge on any atom is 0.313 e. The van der Waals surface area contributed by atoms with Gasteiger partial charge in [-0.3, -0.25) is 0 Å². The molecule has 0 rings (SSSR count). The van der Waals surface area contributed by atoms with Crippen LogP contribution in [-0.2, 0) is 14.2 Å². The predicted molar refractivity (Wildman–Crippen MR) is 26.0 cm³/mol. The van der Waals surface area contributed by atoms with Crippen LogP contribution in [0.4, 0.5) is 0 Å². The molecule has 0 aliphatic heterocycles. The topological polar surface area (TPSA) is 43.4 Å². The van der Waals surface area contributed by atoms with Gasteiger partial charge >= 0.3 is 7.12 Å². The van der Waals surface area contributed by atoms with Crippen LogP contribution in [0.1, 0.15) is 0 Å². The first-order valence-corrected chi connectivity index (χ1v) is 2.85. The summed E-state index contributed by atoms with van der Waals surface area (Å²) in [7, 11) is 0.532. The van der Waals surface area contributed by atoms with Gasteiger partial charge in [0.25, 0.3) is 0 Å². The van der Waals surface area contributed by atoms with Gasteiger partial charge in [-0.2, -0.15) is 0 Å². The van der Waals surface area contributed by atoms with Crippen LogP contribution in [0.3, 0.4) is 0 Å². The third kappa shape index (κ3) is 5.55. The number of hydrogen-bond donors (Lipinski definition) is 0. The van der Waals surface area contributed by atoms with Crippen LogP contribution in [0, 0.1) is 0 Å². The summed E-state index contributed by atoms with van der Waals surface area (Å²) in [5.41, 5.74) is 0. The van der Waals surface area contributed by atoms with E-state index >= 15 is 0 Å². The molecule has 0 unspecified atom stereocenters. The van der Waals surface area contributed by atoms with Gasteiger partial charge in [0.05, 0.1) is 6.26 Å². The largest absolute Gasteiger partial charge is 0.401 e. The van der Waals surface area contributed by atoms with Gasteiger partial charge in [0.2, 0.25) is 9.97 Å². The lowest BCUT2D eigenvalue weighted by Crippen LogP contribution is -1.97. The zero-order valence-corrected chi connectivity index (χ0v) is 4.31. The van der Waals surface area contributed by atoms with Gasteiger partial charge in [0, 0.05) is 0 Å². The van der Waals surface area contributed by atoms with E-state index in [2.05, 4.69) is 17.9 Å². The van der Waals surface area contributed by atoms with Crippen LogP contribution in [0.2, 0.25) is 0 Å². The fraction of sp³-hybridized carbons (Fsp3) is 0. The van der Waals surface area contributed by atoms with Gasteiger partial charge in [-0.05, 0) is 0 Å². The SMILES string of the molecule is [B]S(=O)(=O)OC=C. The first-order valence-electron chi connectivity index (χ1n) is 1.38. The smallest absolute Gasteiger partial charge is 0.313 e. The Balaban J connectivity index is 3.84. The summed E-state index contributed by atoms with van der Waals surface area (Å²) >= 11 is 0. The van der Waals surface area contributed by atoms with E-state index in [0.29, 0.717) is 0 Å². The lowest BCUT2D eigenvalue weighted by Gasteiger charge is -1.90. The third-order valence-corrected chi connectivity index (χ3v) is 0.606. The highest BCUT2D eigenvalue weighted by Crippen LogP contribution is 1.81. The summed E-state index contributed by atoms with van der Waals surface area (Å²) in [5.74, 6) is 0. The molecule has 0 N–H and O–H groups in total. The second kappa shape index (κ2) is 2.02. The summed E-state index contributed by atoms with van der Waals surface area (Å²) in [6, 6.07) is 0. The van der Waals surface area contributed by atoms with Crippen LogP contribution in [0.5, 0.6) is 0 Å². The second-order valence-corrected chi connectivity index (χ2v) is 1.93. The molecule has 0 spiro atoms. The maximum absolute atomic E-state index is 9.72. The van der Waals surface area contributed by atoms with Crippen molar-refractivity contribution in [2.75, 3.05) is 0 Å². The van der Waals surface area contributed by atoms with E-state index in [0.717, 1.165) is 6.26 Å². The Morgan fingerprint density at radius 1 is 1.71 bits per heavy atom. The minimum Gasteiger partial charge on any atom is -0.401 e. The molecule has 0 aromatic carbocycles. The van der Waals surface area contributed by atoms with Crippen molar-refractivity contribution in [1.29, 1.82) is 0 Å². The molecule has 0 amide bonds. The lowest BCUT2D eigenvalue weighted by atomic mass is 10.8. The summed E-state index contributed by atoms with van der Waals surface area (Å²) in [6.45, 7) is 2.96. The van der Waals surface area contributed by atoms with Crippen molar-refractivity contribution in [3.63, 3.8) is 0 Å². The summed E-state index contributed by atoms with van der Waals surface area (Å²) in [5, 5.41) is 0. The Kier molecular flexibility index (Phi) is 1.89. The Morgan fingerprint density at radius 3 is 2.14 bits per heavy atom. The Hall–Kier alpha value is -0.445. The molecule has 2 radical (unpaired) electrons. The zero-order chi connectivity index (χ0) is 5.91. The van der Waals surface area contributed by atoms with Crippen molar-refractivity contribution in [2.24, 2.45) is 0 Å². The van der Waals surface area contributed by atoms with Crippen LogP contribution in [0.25, 0.3) is 0 Å². The Bertz CT molecular complexity index is 146. The molecular formula is C2H3BO3S. The van der Waals surface area contributed by atoms with Crippen LogP contribution < -0.4 is 0 Å². The Morgan fingerprint density at radius 2 is 2.14 bits per heavy atom. The quantitative estimate of drug-likeness (QED) is 0.364. The van der Waals surface area contributed by atoms with Gasteiger partial charge in [-0.15, -0.1) is 0 Å². The highest BCUT2D eigenvalue weighted by atomic mass is 32.2. The lowest BCUT2D eigenvalue weighted by molar-refractivity contribution is 0.461. The molecule has 3 nitrogen and oxygen atoms in total. The molecule has 0 aromatic heterocycles. The van der Waals surface area contributed by atoms with E-state index in [4.69, 9.17) is 0 Å². The molecule has 0 fully saturated rings. The molecule has 0 aliphatic rings. The summed E-state index contributed by atoms with van der Waals surface area (Å²) in [6.07, 6.45) is 0.745. The molecule has 0 saturated heterocycles. The van der Waals surface area contributed by atoms with E-state index in [1.54, 1.807) is 0 Å². The second-order valence-electron chi connectivity index (χ2n) is 0.756. The molecule has 38 valence electrons. The van der Waals surface area contributed by atoms with Crippen molar-refractivity contribution in [1.82, 2.24) is 0 Å². The average Bonchev–Trinajstić information content (AvgIpc) is 1.30. The normalized spacial score (nSPS) is 10.3. The highest BCUT2D eigenvalue weighted by molar-refractivity contribution is 8.08. The van der Waals surface area contributed by atoms with E-state index in [1.165, 1.54) is 0 Å². The molecule has 0 saturated carbocycles. The van der Waals surface area contributed by atoms with Crippen molar-refractivity contribution in [3.05, 3.63) is 12.8 Å². The van der Waals surface area contributed by atoms with E-state index in [-0.39, 0.29) is 0 Å². The molecule has 0 heterocycles. The number of rotatable bonds is 2. The average molecular weight is 118 g/mol. The van der Waals surface area contributed by atoms with Crippen molar-refractivity contribution < 1.29 is 12.6 Å². The van der Waals surface area contributed by atoms with E-state index < -0.39 is 9.97 Å². The minimum absolute atomic E-state index is 0.745. The fourth-order valence-corrected chi connectivity index (χ4v) is 0.285. The third-order valence-electron chi connectivity index (χ3n) is 0.202. The fourth-order valence-electron chi connectivity index (χ4n) is 0.0948. The monoisotopic (exact) mass is 118 g/mol. The minimum atomic E-state index is -3.79. The van der Waals surface area contributed by atoms with Crippen molar-refractivity contribution >= 4 is 17.1 Å². The van der Waals surface area contributed by atoms with Crippen LogP contribution in [0.15, 0.2) is 12.8 Å². The molecule has 5 heteroatoms. The van der Waals surface area contributed by atoms with Gasteiger partial charge in [0.1, 0.15) is 0 Å². The van der Waals surface area contributed by atoms with Crippen LogP contribution in [-0.4, -0.2) is 15.5 Å². The van der Waals surface area contributed by atoms with Crippen LogP contribution >= 0.6 is 0 Å². The maximum atomic E-state index is 9.72. The van der Waals surface area contributed by atoms with Gasteiger partial charge < -0.3 is 4.18 Å². The molecule has 0 bridgehead atoms. The van der Waals surface area contributed by atoms with Crippen molar-refractivity contribution in [3.8, 4) is 0 Å². The molecule has 7 heavy (non-hydrogen) atoms. The van der Waals surface area contributed by atoms with E-state index in [9.17, 15) is 8.42 Å². The summed E-state index contributed by atoms with van der Waals surface area (Å²) in [4.78, 5) is 0. The first-order chi connectivity index (χ1) is 3.06. The summed E-state index contributed by atoms with van der Waals surface area (Å²) < 4.78 is 23.2. The predicted octanol–water partition coefficient (Wildman–Crippen LogP) is -0.440. The van der Waals surface area contributed by atoms with Crippen molar-refractivity contribution in [2.45, 2.75) is 0 Å². The highest BCUT2D eigenvalue weighted by Gasteiger charge is 1.93. The van der Waals surface area contributed by atoms with Gasteiger partial charge in [0.15, 0.2) is 0 Å². The molecular weight excluding hydrogens is 115 g/mol. The zero-order valence-electron chi connectivity index (χ0n) is 3.49. The van der Waals surface area contributed by atoms with Gasteiger partial charge in [-0.1, -0.05) is 6.58 Å². The number of hydrogen-bond acceptors (Lipinski definition) is 3. The molecule has 0 aromatic rings. The standard InChI is InChI=1S/C2H3BO3S/c1-2-6-7(3,4)5/h2H,1H2. The molecule has 0 aliphatic carbocycles. The van der Waals surface area contributed by atoms with E-state index in [1.807, 2.05) is 0 Å². The van der Waals surface area contributed by atoms with Gasteiger partial charge in [-0.25, -0.2) is 8.42 Å². The Labute approximate surface area is 43.4 Å². The molecule has 0 atom stereocenters. The first kappa shape index (κ1) is 6.55.